The molecule has 1 atom stereocenters. The molecule has 2 aromatic rings. The molecule has 0 fully saturated rings. The third-order valence-corrected chi connectivity index (χ3v) is 3.50. The van der Waals surface area contributed by atoms with E-state index in [0.29, 0.717) is 5.92 Å². The van der Waals surface area contributed by atoms with Crippen molar-refractivity contribution < 1.29 is 5.11 Å². The zero-order valence-corrected chi connectivity index (χ0v) is 11.7. The smallest absolute Gasteiger partial charge is 0.0521 e. The van der Waals surface area contributed by atoms with Crippen molar-refractivity contribution in [3.8, 4) is 0 Å². The average Bonchev–Trinajstić information content (AvgIpc) is 2.82. The van der Waals surface area contributed by atoms with Crippen molar-refractivity contribution in [3.63, 3.8) is 0 Å². The van der Waals surface area contributed by atoms with Gasteiger partial charge >= 0.3 is 0 Å². The van der Waals surface area contributed by atoms with Crippen LogP contribution in [0.1, 0.15) is 23.1 Å². The lowest BCUT2D eigenvalue weighted by Crippen LogP contribution is -2.10. The molecule has 0 saturated heterocycles. The fourth-order valence-corrected chi connectivity index (χ4v) is 2.29. The van der Waals surface area contributed by atoms with Gasteiger partial charge in [0.05, 0.1) is 6.20 Å². The monoisotopic (exact) mass is 258 g/mol. The van der Waals surface area contributed by atoms with Gasteiger partial charge in [0.1, 0.15) is 0 Å². The van der Waals surface area contributed by atoms with Gasteiger partial charge in [-0.1, -0.05) is 29.8 Å². The highest BCUT2D eigenvalue weighted by atomic mass is 16.3. The summed E-state index contributed by atoms with van der Waals surface area (Å²) in [7, 11) is 1.93. The molecule has 0 radical (unpaired) electrons. The Balaban J connectivity index is 1.87. The molecule has 0 aliphatic rings. The van der Waals surface area contributed by atoms with E-state index < -0.39 is 0 Å². The molecule has 1 N–H and O–H groups in total. The van der Waals surface area contributed by atoms with Crippen molar-refractivity contribution in [2.45, 2.75) is 26.2 Å². The molecular weight excluding hydrogens is 236 g/mol. The molecule has 0 aliphatic heterocycles. The average molecular weight is 258 g/mol. The summed E-state index contributed by atoms with van der Waals surface area (Å²) in [5, 5.41) is 13.7. The van der Waals surface area contributed by atoms with Crippen molar-refractivity contribution >= 4 is 0 Å². The van der Waals surface area contributed by atoms with Crippen molar-refractivity contribution in [3.05, 3.63) is 53.3 Å². The number of nitrogens with zero attached hydrogens (tertiary/aromatic N) is 2. The second kappa shape index (κ2) is 6.53. The summed E-state index contributed by atoms with van der Waals surface area (Å²) in [6.45, 7) is 2.34. The Morgan fingerprint density at radius 3 is 2.53 bits per heavy atom. The lowest BCUT2D eigenvalue weighted by atomic mass is 9.94. The van der Waals surface area contributed by atoms with Crippen LogP contribution in [0.15, 0.2) is 36.7 Å². The third-order valence-electron chi connectivity index (χ3n) is 3.50. The second-order valence-electron chi connectivity index (χ2n) is 5.30. The van der Waals surface area contributed by atoms with Crippen LogP contribution in [0.3, 0.4) is 0 Å². The van der Waals surface area contributed by atoms with Gasteiger partial charge in [-0.25, -0.2) is 0 Å². The Labute approximate surface area is 114 Å². The first kappa shape index (κ1) is 13.8. The van der Waals surface area contributed by atoms with E-state index in [-0.39, 0.29) is 6.61 Å². The Morgan fingerprint density at radius 2 is 1.95 bits per heavy atom. The highest BCUT2D eigenvalue weighted by Gasteiger charge is 2.09. The van der Waals surface area contributed by atoms with Crippen LogP contribution in [-0.4, -0.2) is 21.5 Å². The molecule has 19 heavy (non-hydrogen) atoms. The lowest BCUT2D eigenvalue weighted by molar-refractivity contribution is 0.218. The lowest BCUT2D eigenvalue weighted by Gasteiger charge is -2.13. The summed E-state index contributed by atoms with van der Waals surface area (Å²) in [5.74, 6) is 0.322. The van der Waals surface area contributed by atoms with Crippen LogP contribution in [-0.2, 0) is 19.9 Å². The van der Waals surface area contributed by atoms with E-state index >= 15 is 0 Å². The topological polar surface area (TPSA) is 38.1 Å². The van der Waals surface area contributed by atoms with Crippen LogP contribution >= 0.6 is 0 Å². The minimum absolute atomic E-state index is 0.244. The maximum Gasteiger partial charge on any atom is 0.0521 e. The van der Waals surface area contributed by atoms with Crippen molar-refractivity contribution in [1.82, 2.24) is 9.78 Å². The van der Waals surface area contributed by atoms with Crippen LogP contribution in [0.25, 0.3) is 0 Å². The SMILES string of the molecule is Cc1ccc(CC(CO)CCc2cnn(C)c2)cc1. The van der Waals surface area contributed by atoms with Crippen LogP contribution in [0.4, 0.5) is 0 Å². The van der Waals surface area contributed by atoms with Gasteiger partial charge in [-0.3, -0.25) is 4.68 Å². The highest BCUT2D eigenvalue weighted by molar-refractivity contribution is 5.21. The zero-order valence-electron chi connectivity index (χ0n) is 11.7. The number of aryl methyl sites for hydroxylation is 3. The van der Waals surface area contributed by atoms with Gasteiger partial charge in [-0.2, -0.15) is 5.10 Å². The number of hydrogen-bond donors (Lipinski definition) is 1. The van der Waals surface area contributed by atoms with Gasteiger partial charge in [0, 0.05) is 19.9 Å². The molecule has 3 nitrogen and oxygen atoms in total. The summed E-state index contributed by atoms with van der Waals surface area (Å²) in [6.07, 6.45) is 6.86. The predicted octanol–water partition coefficient (Wildman–Crippen LogP) is 2.51. The summed E-state index contributed by atoms with van der Waals surface area (Å²) in [5.41, 5.74) is 3.82. The minimum Gasteiger partial charge on any atom is -0.396 e. The highest BCUT2D eigenvalue weighted by Crippen LogP contribution is 2.15. The van der Waals surface area contributed by atoms with Crippen LogP contribution < -0.4 is 0 Å². The van der Waals surface area contributed by atoms with Crippen LogP contribution in [0.5, 0.6) is 0 Å². The summed E-state index contributed by atoms with van der Waals surface area (Å²) in [4.78, 5) is 0. The van der Waals surface area contributed by atoms with E-state index in [4.69, 9.17) is 0 Å². The summed E-state index contributed by atoms with van der Waals surface area (Å²) in [6, 6.07) is 8.57. The van der Waals surface area contributed by atoms with Crippen molar-refractivity contribution in [2.75, 3.05) is 6.61 Å². The van der Waals surface area contributed by atoms with Gasteiger partial charge in [0.2, 0.25) is 0 Å². The molecule has 1 unspecified atom stereocenters. The Morgan fingerprint density at radius 1 is 1.21 bits per heavy atom. The number of aliphatic hydroxyl groups is 1. The number of aromatic nitrogens is 2. The first-order valence-electron chi connectivity index (χ1n) is 6.81. The van der Waals surface area contributed by atoms with E-state index in [1.807, 2.05) is 24.1 Å². The van der Waals surface area contributed by atoms with Gasteiger partial charge < -0.3 is 5.11 Å². The quantitative estimate of drug-likeness (QED) is 0.864. The molecule has 1 aromatic carbocycles. The molecule has 3 heteroatoms. The largest absolute Gasteiger partial charge is 0.396 e. The van der Waals surface area contributed by atoms with E-state index in [9.17, 15) is 5.11 Å². The molecule has 102 valence electrons. The Kier molecular flexibility index (Phi) is 4.74. The minimum atomic E-state index is 0.244. The van der Waals surface area contributed by atoms with Gasteiger partial charge in [0.15, 0.2) is 0 Å². The van der Waals surface area contributed by atoms with Crippen molar-refractivity contribution in [2.24, 2.45) is 13.0 Å². The van der Waals surface area contributed by atoms with E-state index in [2.05, 4.69) is 36.3 Å². The predicted molar refractivity (Wildman–Crippen MR) is 77.0 cm³/mol. The maximum absolute atomic E-state index is 9.50. The first-order chi connectivity index (χ1) is 9.17. The van der Waals surface area contributed by atoms with E-state index in [0.717, 1.165) is 19.3 Å². The first-order valence-corrected chi connectivity index (χ1v) is 6.81. The zero-order chi connectivity index (χ0) is 13.7. The fraction of sp³-hybridized carbons (Fsp3) is 0.438. The van der Waals surface area contributed by atoms with Gasteiger partial charge in [-0.15, -0.1) is 0 Å². The number of rotatable bonds is 6. The van der Waals surface area contributed by atoms with Crippen molar-refractivity contribution in [1.29, 1.82) is 0 Å². The summed E-state index contributed by atoms with van der Waals surface area (Å²) < 4.78 is 1.82. The number of aliphatic hydroxyl groups excluding tert-OH is 1. The van der Waals surface area contributed by atoms with Crippen LogP contribution in [0, 0.1) is 12.8 Å². The normalized spacial score (nSPS) is 12.6. The third kappa shape index (κ3) is 4.21. The molecule has 0 bridgehead atoms. The van der Waals surface area contributed by atoms with Gasteiger partial charge in [-0.05, 0) is 43.2 Å². The van der Waals surface area contributed by atoms with E-state index in [1.165, 1.54) is 16.7 Å². The molecule has 0 spiro atoms. The molecule has 1 heterocycles. The molecule has 0 saturated carbocycles. The summed E-state index contributed by atoms with van der Waals surface area (Å²) >= 11 is 0. The second-order valence-corrected chi connectivity index (χ2v) is 5.30. The molecule has 0 amide bonds. The standard InChI is InChI=1S/C16H22N2O/c1-13-3-5-14(6-4-13)9-15(12-19)7-8-16-10-17-18(2)11-16/h3-6,10-11,15,19H,7-9,12H2,1-2H3. The molecule has 2 rings (SSSR count). The number of benzene rings is 1. The molecule has 0 aliphatic carbocycles. The Bertz CT molecular complexity index is 502. The van der Waals surface area contributed by atoms with Gasteiger partial charge in [0.25, 0.3) is 0 Å². The maximum atomic E-state index is 9.50. The van der Waals surface area contributed by atoms with E-state index in [1.54, 1.807) is 0 Å². The fourth-order valence-electron chi connectivity index (χ4n) is 2.29. The Hall–Kier alpha value is -1.61. The molecule has 1 aromatic heterocycles. The number of hydrogen-bond acceptors (Lipinski definition) is 2. The van der Waals surface area contributed by atoms with Crippen LogP contribution in [0.2, 0.25) is 0 Å². The molecular formula is C16H22N2O.